The first-order chi connectivity index (χ1) is 12.3. The summed E-state index contributed by atoms with van der Waals surface area (Å²) in [6.45, 7) is 2.79. The van der Waals surface area contributed by atoms with Gasteiger partial charge in [0.15, 0.2) is 0 Å². The quantitative estimate of drug-likeness (QED) is 0.758. The number of aromatic nitrogens is 2. The van der Waals surface area contributed by atoms with E-state index in [2.05, 4.69) is 44.7 Å². The van der Waals surface area contributed by atoms with E-state index in [9.17, 15) is 4.79 Å². The van der Waals surface area contributed by atoms with Crippen LogP contribution in [0.2, 0.25) is 0 Å². The summed E-state index contributed by atoms with van der Waals surface area (Å²) in [4.78, 5) is 14.5. The fourth-order valence-corrected chi connectivity index (χ4v) is 3.88. The minimum atomic E-state index is -0.132. The van der Waals surface area contributed by atoms with E-state index >= 15 is 0 Å². The van der Waals surface area contributed by atoms with Gasteiger partial charge >= 0.3 is 0 Å². The van der Waals surface area contributed by atoms with Crippen LogP contribution in [-0.2, 0) is 6.54 Å². The highest BCUT2D eigenvalue weighted by Crippen LogP contribution is 2.38. The molecule has 25 heavy (non-hydrogen) atoms. The van der Waals surface area contributed by atoms with Crippen LogP contribution in [0.15, 0.2) is 59.0 Å². The summed E-state index contributed by atoms with van der Waals surface area (Å²) >= 11 is 0. The average Bonchev–Trinajstić information content (AvgIpc) is 2.65. The number of benzene rings is 2. The molecule has 124 valence electrons. The molecule has 5 rings (SSSR count). The van der Waals surface area contributed by atoms with Crippen LogP contribution in [0.3, 0.4) is 0 Å². The van der Waals surface area contributed by atoms with Gasteiger partial charge in [0.05, 0.1) is 11.1 Å². The lowest BCUT2D eigenvalue weighted by Crippen LogP contribution is -2.34. The molecule has 5 heteroatoms. The molecule has 2 N–H and O–H groups in total. The number of hydrogen-bond acceptors (Lipinski definition) is 4. The second-order valence-corrected chi connectivity index (χ2v) is 6.66. The average molecular weight is 330 g/mol. The molecule has 2 aromatic carbocycles. The lowest BCUT2D eigenvalue weighted by molar-refractivity contribution is 0.286. The fraction of sp³-hybridized carbons (Fsp3) is 0.200. The van der Waals surface area contributed by atoms with Crippen molar-refractivity contribution in [1.29, 1.82) is 0 Å². The van der Waals surface area contributed by atoms with E-state index in [1.165, 1.54) is 16.8 Å². The van der Waals surface area contributed by atoms with E-state index in [1.54, 1.807) is 0 Å². The van der Waals surface area contributed by atoms with Crippen LogP contribution in [0.1, 0.15) is 17.7 Å². The molecule has 1 aromatic heterocycles. The summed E-state index contributed by atoms with van der Waals surface area (Å²) in [6.07, 6.45) is 0.928. The molecule has 0 unspecified atom stereocenters. The molecule has 3 aromatic rings. The Morgan fingerprint density at radius 2 is 1.96 bits per heavy atom. The van der Waals surface area contributed by atoms with Crippen LogP contribution >= 0.6 is 0 Å². The van der Waals surface area contributed by atoms with Crippen molar-refractivity contribution in [2.24, 2.45) is 0 Å². The maximum atomic E-state index is 12.1. The number of nitrogens with zero attached hydrogens (tertiary/aromatic N) is 2. The molecule has 0 aliphatic carbocycles. The molecule has 3 heterocycles. The number of anilines is 1. The maximum Gasteiger partial charge on any atom is 0.272 e. The van der Waals surface area contributed by atoms with Gasteiger partial charge < -0.3 is 5.32 Å². The third-order valence-corrected chi connectivity index (χ3v) is 5.06. The van der Waals surface area contributed by atoms with Gasteiger partial charge in [-0.3, -0.25) is 9.69 Å². The van der Waals surface area contributed by atoms with Crippen molar-refractivity contribution in [3.63, 3.8) is 0 Å². The molecule has 0 saturated carbocycles. The van der Waals surface area contributed by atoms with Crippen LogP contribution in [0.4, 0.5) is 5.69 Å². The molecule has 0 radical (unpaired) electrons. The lowest BCUT2D eigenvalue weighted by atomic mass is 9.93. The molecule has 0 saturated heterocycles. The zero-order valence-electron chi connectivity index (χ0n) is 13.7. The van der Waals surface area contributed by atoms with Crippen LogP contribution in [-0.4, -0.2) is 28.2 Å². The summed E-state index contributed by atoms with van der Waals surface area (Å²) < 4.78 is 0. The summed E-state index contributed by atoms with van der Waals surface area (Å²) in [5, 5.41) is 12.2. The molecule has 2 aliphatic heterocycles. The van der Waals surface area contributed by atoms with Gasteiger partial charge in [-0.05, 0) is 24.1 Å². The SMILES string of the molecule is O=c1[nH]nc2c3c(cccc13)NC1=C2CCN(Cc2ccccc2)C1. The second kappa shape index (κ2) is 5.57. The first kappa shape index (κ1) is 14.4. The van der Waals surface area contributed by atoms with Crippen molar-refractivity contribution in [1.82, 2.24) is 15.1 Å². The molecule has 0 spiro atoms. The number of rotatable bonds is 2. The lowest BCUT2D eigenvalue weighted by Gasteiger charge is -2.34. The van der Waals surface area contributed by atoms with Gasteiger partial charge in [-0.25, -0.2) is 5.10 Å². The van der Waals surface area contributed by atoms with Gasteiger partial charge in [-0.1, -0.05) is 36.4 Å². The second-order valence-electron chi connectivity index (χ2n) is 6.66. The first-order valence-electron chi connectivity index (χ1n) is 8.57. The largest absolute Gasteiger partial charge is 0.357 e. The highest BCUT2D eigenvalue weighted by Gasteiger charge is 2.27. The molecule has 0 amide bonds. The zero-order valence-corrected chi connectivity index (χ0v) is 13.7. The molecular formula is C20H18N4O. The van der Waals surface area contributed by atoms with Gasteiger partial charge in [-0.15, -0.1) is 0 Å². The van der Waals surface area contributed by atoms with Crippen molar-refractivity contribution in [2.75, 3.05) is 18.4 Å². The highest BCUT2D eigenvalue weighted by atomic mass is 16.1. The van der Waals surface area contributed by atoms with E-state index in [0.717, 1.165) is 42.8 Å². The predicted octanol–water partition coefficient (Wildman–Crippen LogP) is 2.97. The number of nitrogens with one attached hydrogen (secondary N) is 2. The Morgan fingerprint density at radius 1 is 1.08 bits per heavy atom. The van der Waals surface area contributed by atoms with Crippen LogP contribution in [0, 0.1) is 0 Å². The molecule has 0 atom stereocenters. The van der Waals surface area contributed by atoms with Gasteiger partial charge in [-0.2, -0.15) is 5.10 Å². The Bertz CT molecular complexity index is 1050. The van der Waals surface area contributed by atoms with E-state index in [1.807, 2.05) is 24.3 Å². The number of H-pyrrole nitrogens is 1. The van der Waals surface area contributed by atoms with Crippen molar-refractivity contribution in [3.8, 4) is 0 Å². The van der Waals surface area contributed by atoms with Gasteiger partial charge in [0.2, 0.25) is 0 Å². The molecular weight excluding hydrogens is 312 g/mol. The Kier molecular flexibility index (Phi) is 3.21. The highest BCUT2D eigenvalue weighted by molar-refractivity contribution is 6.04. The van der Waals surface area contributed by atoms with Crippen molar-refractivity contribution in [3.05, 3.63) is 75.8 Å². The third-order valence-electron chi connectivity index (χ3n) is 5.06. The summed E-state index contributed by atoms with van der Waals surface area (Å²) in [7, 11) is 0. The topological polar surface area (TPSA) is 61.0 Å². The standard InChI is InChI=1S/C20H18N4O/c25-20-15-7-4-8-16-18(15)19(22-23-20)14-9-10-24(12-17(14)21-16)11-13-5-2-1-3-6-13/h1-8,21H,9-12H2,(H,23,25). The Hall–Kier alpha value is -2.92. The van der Waals surface area contributed by atoms with Crippen LogP contribution in [0.25, 0.3) is 16.3 Å². The fourth-order valence-electron chi connectivity index (χ4n) is 3.88. The summed E-state index contributed by atoms with van der Waals surface area (Å²) in [5.41, 5.74) is 5.52. The van der Waals surface area contributed by atoms with Crippen molar-refractivity contribution >= 4 is 22.0 Å². The zero-order chi connectivity index (χ0) is 16.8. The van der Waals surface area contributed by atoms with Crippen molar-refractivity contribution < 1.29 is 0 Å². The maximum absolute atomic E-state index is 12.1. The first-order valence-corrected chi connectivity index (χ1v) is 8.57. The molecule has 2 aliphatic rings. The minimum Gasteiger partial charge on any atom is -0.357 e. The Balaban J connectivity index is 1.53. The van der Waals surface area contributed by atoms with E-state index in [4.69, 9.17) is 0 Å². The monoisotopic (exact) mass is 330 g/mol. The minimum absolute atomic E-state index is 0.132. The smallest absolute Gasteiger partial charge is 0.272 e. The Morgan fingerprint density at radius 3 is 2.84 bits per heavy atom. The molecule has 0 fully saturated rings. The van der Waals surface area contributed by atoms with Crippen LogP contribution < -0.4 is 10.9 Å². The molecule has 5 nitrogen and oxygen atoms in total. The Labute approximate surface area is 145 Å². The normalized spacial score (nSPS) is 16.6. The van der Waals surface area contributed by atoms with Gasteiger partial charge in [0.1, 0.15) is 0 Å². The van der Waals surface area contributed by atoms with Crippen LogP contribution in [0.5, 0.6) is 0 Å². The number of fused-ring (bicyclic) bond motifs is 1. The summed E-state index contributed by atoms with van der Waals surface area (Å²) in [6, 6.07) is 16.3. The predicted molar refractivity (Wildman–Crippen MR) is 99.2 cm³/mol. The van der Waals surface area contributed by atoms with Gasteiger partial charge in [0, 0.05) is 42.0 Å². The van der Waals surface area contributed by atoms with E-state index < -0.39 is 0 Å². The van der Waals surface area contributed by atoms with Gasteiger partial charge in [0.25, 0.3) is 5.56 Å². The number of aromatic amines is 1. The third kappa shape index (κ3) is 2.36. The summed E-state index contributed by atoms with van der Waals surface area (Å²) in [5.74, 6) is 0. The van der Waals surface area contributed by atoms with E-state index in [0.29, 0.717) is 5.39 Å². The van der Waals surface area contributed by atoms with Crippen molar-refractivity contribution in [2.45, 2.75) is 13.0 Å². The molecule has 0 bridgehead atoms. The van der Waals surface area contributed by atoms with E-state index in [-0.39, 0.29) is 5.56 Å². The number of hydrogen-bond donors (Lipinski definition) is 2.